The summed E-state index contributed by atoms with van der Waals surface area (Å²) in [5.41, 5.74) is 0.844. The Kier molecular flexibility index (Phi) is 5.97. The molecular weight excluding hydrogens is 315 g/mol. The summed E-state index contributed by atoms with van der Waals surface area (Å²) in [4.78, 5) is 0. The molecule has 5 heteroatoms. The van der Waals surface area contributed by atoms with E-state index in [0.29, 0.717) is 17.5 Å². The zero-order chi connectivity index (χ0) is 13.8. The summed E-state index contributed by atoms with van der Waals surface area (Å²) in [5, 5.41) is 9.77. The molecule has 0 spiro atoms. The van der Waals surface area contributed by atoms with E-state index in [-0.39, 0.29) is 5.82 Å². The van der Waals surface area contributed by atoms with Crippen LogP contribution in [0.4, 0.5) is 4.39 Å². The number of hydrogen-bond acceptors (Lipinski definition) is 2. The summed E-state index contributed by atoms with van der Waals surface area (Å²) in [6, 6.07) is 5.46. The maximum absolute atomic E-state index is 12.9. The van der Waals surface area contributed by atoms with Gasteiger partial charge in [0, 0.05) is 25.6 Å². The lowest BCUT2D eigenvalue weighted by Crippen LogP contribution is -2.24. The maximum Gasteiger partial charge on any atom is 0.158 e. The van der Waals surface area contributed by atoms with Gasteiger partial charge in [-0.2, -0.15) is 0 Å². The molecule has 0 saturated carbocycles. The lowest BCUT2D eigenvalue weighted by Gasteiger charge is -2.18. The molecule has 0 bridgehead atoms. The van der Waals surface area contributed by atoms with E-state index in [2.05, 4.69) is 35.6 Å². The first-order valence-electron chi connectivity index (χ1n) is 6.01. The second-order valence-electron chi connectivity index (χ2n) is 5.58. The van der Waals surface area contributed by atoms with Gasteiger partial charge in [0.05, 0.1) is 0 Å². The first kappa shape index (κ1) is 15.8. The van der Waals surface area contributed by atoms with Crippen molar-refractivity contribution >= 4 is 24.0 Å². The largest absolute Gasteiger partial charge is 0.368 e. The predicted molar refractivity (Wildman–Crippen MR) is 77.9 cm³/mol. The standard InChI is InChI=1S/C13H20BrFO2Si/c1-18(2,3)7-6-17-13(16)8-10-4-5-11(15)9-12(10)14/h4-5,9,13,16H,6-8H2,1-3H3. The van der Waals surface area contributed by atoms with Crippen molar-refractivity contribution < 1.29 is 14.2 Å². The van der Waals surface area contributed by atoms with E-state index >= 15 is 0 Å². The third-order valence-electron chi connectivity index (χ3n) is 2.57. The molecule has 0 aromatic heterocycles. The maximum atomic E-state index is 12.9. The molecule has 2 nitrogen and oxygen atoms in total. The van der Waals surface area contributed by atoms with E-state index in [1.54, 1.807) is 6.07 Å². The molecule has 0 aliphatic carbocycles. The van der Waals surface area contributed by atoms with Crippen LogP contribution in [0.2, 0.25) is 25.7 Å². The topological polar surface area (TPSA) is 29.5 Å². The number of rotatable bonds is 6. The molecule has 1 atom stereocenters. The Bertz CT molecular complexity index is 393. The molecule has 102 valence electrons. The molecule has 1 rings (SSSR count). The number of halogens is 2. The summed E-state index contributed by atoms with van der Waals surface area (Å²) in [6.07, 6.45) is -0.463. The molecule has 0 fully saturated rings. The number of benzene rings is 1. The van der Waals surface area contributed by atoms with E-state index in [1.807, 2.05) is 0 Å². The van der Waals surface area contributed by atoms with Gasteiger partial charge in [-0.05, 0) is 23.7 Å². The van der Waals surface area contributed by atoms with Gasteiger partial charge in [-0.3, -0.25) is 0 Å². The van der Waals surface area contributed by atoms with Crippen LogP contribution in [0.1, 0.15) is 5.56 Å². The molecule has 0 amide bonds. The summed E-state index contributed by atoms with van der Waals surface area (Å²) in [5.74, 6) is -0.292. The summed E-state index contributed by atoms with van der Waals surface area (Å²) < 4.78 is 18.9. The van der Waals surface area contributed by atoms with E-state index < -0.39 is 14.4 Å². The van der Waals surface area contributed by atoms with Crippen molar-refractivity contribution in [2.75, 3.05) is 6.61 Å². The number of ether oxygens (including phenoxy) is 1. The van der Waals surface area contributed by atoms with Crippen molar-refractivity contribution in [3.63, 3.8) is 0 Å². The second-order valence-corrected chi connectivity index (χ2v) is 12.1. The van der Waals surface area contributed by atoms with Gasteiger partial charge in [0.15, 0.2) is 6.29 Å². The van der Waals surface area contributed by atoms with Crippen LogP contribution < -0.4 is 0 Å². The van der Waals surface area contributed by atoms with Crippen LogP contribution in [0, 0.1) is 5.82 Å². The molecule has 0 radical (unpaired) electrons. The average molecular weight is 335 g/mol. The summed E-state index contributed by atoms with van der Waals surface area (Å²) in [7, 11) is -1.13. The fraction of sp³-hybridized carbons (Fsp3) is 0.538. The van der Waals surface area contributed by atoms with Crippen molar-refractivity contribution in [2.45, 2.75) is 38.4 Å². The Morgan fingerprint density at radius 1 is 1.39 bits per heavy atom. The van der Waals surface area contributed by atoms with Crippen LogP contribution in [0.25, 0.3) is 0 Å². The highest BCUT2D eigenvalue weighted by Gasteiger charge is 2.14. The molecule has 0 saturated heterocycles. The quantitative estimate of drug-likeness (QED) is 0.633. The minimum Gasteiger partial charge on any atom is -0.368 e. The van der Waals surface area contributed by atoms with Gasteiger partial charge < -0.3 is 9.84 Å². The van der Waals surface area contributed by atoms with Crippen molar-refractivity contribution in [1.82, 2.24) is 0 Å². The first-order valence-corrected chi connectivity index (χ1v) is 10.5. The van der Waals surface area contributed by atoms with Gasteiger partial charge in [0.1, 0.15) is 5.82 Å². The summed E-state index contributed by atoms with van der Waals surface area (Å²) in [6.45, 7) is 7.37. The predicted octanol–water partition coefficient (Wildman–Crippen LogP) is 3.80. The van der Waals surface area contributed by atoms with Crippen LogP contribution in [-0.4, -0.2) is 26.1 Å². The van der Waals surface area contributed by atoms with Gasteiger partial charge in [-0.25, -0.2) is 4.39 Å². The molecule has 0 aliphatic heterocycles. The molecule has 1 aromatic carbocycles. The lowest BCUT2D eigenvalue weighted by molar-refractivity contribution is -0.0930. The van der Waals surface area contributed by atoms with Crippen molar-refractivity contribution in [1.29, 1.82) is 0 Å². The van der Waals surface area contributed by atoms with E-state index in [4.69, 9.17) is 4.74 Å². The van der Waals surface area contributed by atoms with Gasteiger partial charge in [-0.1, -0.05) is 41.6 Å². The highest BCUT2D eigenvalue weighted by atomic mass is 79.9. The number of aliphatic hydroxyl groups excluding tert-OH is 1. The fourth-order valence-electron chi connectivity index (χ4n) is 1.44. The van der Waals surface area contributed by atoms with Crippen LogP contribution >= 0.6 is 15.9 Å². The Balaban J connectivity index is 2.42. The molecule has 1 unspecified atom stereocenters. The van der Waals surface area contributed by atoms with Crippen LogP contribution in [0.3, 0.4) is 0 Å². The zero-order valence-corrected chi connectivity index (χ0v) is 13.6. The summed E-state index contributed by atoms with van der Waals surface area (Å²) >= 11 is 3.28. The highest BCUT2D eigenvalue weighted by molar-refractivity contribution is 9.10. The van der Waals surface area contributed by atoms with Crippen molar-refractivity contribution in [2.24, 2.45) is 0 Å². The zero-order valence-electron chi connectivity index (χ0n) is 11.0. The smallest absolute Gasteiger partial charge is 0.158 e. The second kappa shape index (κ2) is 6.80. The monoisotopic (exact) mass is 334 g/mol. The average Bonchev–Trinajstić information content (AvgIpc) is 2.20. The SMILES string of the molecule is C[Si](C)(C)CCOC(O)Cc1ccc(F)cc1Br. The van der Waals surface area contributed by atoms with E-state index in [9.17, 15) is 9.50 Å². The number of hydrogen-bond donors (Lipinski definition) is 1. The van der Waals surface area contributed by atoms with Crippen molar-refractivity contribution in [3.8, 4) is 0 Å². The Morgan fingerprint density at radius 2 is 2.06 bits per heavy atom. The lowest BCUT2D eigenvalue weighted by atomic mass is 10.1. The van der Waals surface area contributed by atoms with Gasteiger partial charge >= 0.3 is 0 Å². The minimum absolute atomic E-state index is 0.292. The molecule has 1 N–H and O–H groups in total. The molecule has 1 aromatic rings. The van der Waals surface area contributed by atoms with Crippen LogP contribution in [0.5, 0.6) is 0 Å². The van der Waals surface area contributed by atoms with Gasteiger partial charge in [-0.15, -0.1) is 0 Å². The van der Waals surface area contributed by atoms with E-state index in [1.165, 1.54) is 12.1 Å². The Hall–Kier alpha value is -0.233. The van der Waals surface area contributed by atoms with Crippen molar-refractivity contribution in [3.05, 3.63) is 34.1 Å². The number of aliphatic hydroxyl groups is 1. The van der Waals surface area contributed by atoms with Gasteiger partial charge in [0.2, 0.25) is 0 Å². The first-order chi connectivity index (χ1) is 8.28. The van der Waals surface area contributed by atoms with Crippen LogP contribution in [0.15, 0.2) is 22.7 Å². The third kappa shape index (κ3) is 6.09. The Morgan fingerprint density at radius 3 is 2.61 bits per heavy atom. The fourth-order valence-corrected chi connectivity index (χ4v) is 2.68. The minimum atomic E-state index is -1.13. The van der Waals surface area contributed by atoms with E-state index in [0.717, 1.165) is 11.6 Å². The normalized spacial score (nSPS) is 13.7. The molecule has 0 aliphatic rings. The Labute approximate surface area is 117 Å². The van der Waals surface area contributed by atoms with Gasteiger partial charge in [0.25, 0.3) is 0 Å². The van der Waals surface area contributed by atoms with Crippen LogP contribution in [-0.2, 0) is 11.2 Å². The molecular formula is C13H20BrFO2Si. The third-order valence-corrected chi connectivity index (χ3v) is 5.01. The highest BCUT2D eigenvalue weighted by Crippen LogP contribution is 2.20. The molecule has 18 heavy (non-hydrogen) atoms. The molecule has 0 heterocycles.